The van der Waals surface area contributed by atoms with Gasteiger partial charge in [-0.25, -0.2) is 4.79 Å². The van der Waals surface area contributed by atoms with E-state index in [1.165, 1.54) is 14.2 Å². The normalized spacial score (nSPS) is 11.6. The van der Waals surface area contributed by atoms with Gasteiger partial charge in [0.2, 0.25) is 0 Å². The molecule has 0 saturated heterocycles. The smallest absolute Gasteiger partial charge is 0.406 e. The summed E-state index contributed by atoms with van der Waals surface area (Å²) in [5, 5.41) is 2.47. The monoisotopic (exact) mass is 189 g/mol. The van der Waals surface area contributed by atoms with Crippen LogP contribution < -0.4 is 5.32 Å². The molecule has 5 heteroatoms. The predicted molar refractivity (Wildman–Crippen MR) is 46.2 cm³/mol. The lowest BCUT2D eigenvalue weighted by Gasteiger charge is -2.08. The molecular formula is C8H15NO4. The Bertz CT molecular complexity index is 181. The van der Waals surface area contributed by atoms with Crippen molar-refractivity contribution in [3.63, 3.8) is 0 Å². The van der Waals surface area contributed by atoms with E-state index in [2.05, 4.69) is 14.8 Å². The minimum atomic E-state index is -0.489. The van der Waals surface area contributed by atoms with Crippen molar-refractivity contribution in [3.8, 4) is 0 Å². The minimum absolute atomic E-state index is 0.206. The summed E-state index contributed by atoms with van der Waals surface area (Å²) in [4.78, 5) is 21.5. The first kappa shape index (κ1) is 11.7. The fourth-order valence-corrected chi connectivity index (χ4v) is 0.782. The second-order valence-electron chi connectivity index (χ2n) is 2.63. The van der Waals surface area contributed by atoms with Gasteiger partial charge in [0.1, 0.15) is 0 Å². The van der Waals surface area contributed by atoms with Gasteiger partial charge in [-0.3, -0.25) is 4.79 Å². The topological polar surface area (TPSA) is 64.6 Å². The lowest BCUT2D eigenvalue weighted by molar-refractivity contribution is -0.144. The van der Waals surface area contributed by atoms with Crippen LogP contribution in [0.5, 0.6) is 0 Å². The second-order valence-corrected chi connectivity index (χ2v) is 2.63. The Morgan fingerprint density at radius 1 is 1.31 bits per heavy atom. The summed E-state index contributed by atoms with van der Waals surface area (Å²) in [5.74, 6) is -0.478. The number of ether oxygens (including phenoxy) is 2. The van der Waals surface area contributed by atoms with E-state index in [-0.39, 0.29) is 11.9 Å². The van der Waals surface area contributed by atoms with Crippen molar-refractivity contribution in [1.29, 1.82) is 0 Å². The maximum absolute atomic E-state index is 10.9. The summed E-state index contributed by atoms with van der Waals surface area (Å²) in [5.41, 5.74) is 0. The maximum atomic E-state index is 10.9. The average Bonchev–Trinajstić information content (AvgIpc) is 2.15. The molecule has 1 amide bonds. The van der Waals surface area contributed by atoms with Crippen molar-refractivity contribution in [2.75, 3.05) is 20.8 Å². The van der Waals surface area contributed by atoms with Gasteiger partial charge in [-0.05, 0) is 6.42 Å². The largest absolute Gasteiger partial charge is 0.469 e. The van der Waals surface area contributed by atoms with Crippen molar-refractivity contribution in [2.45, 2.75) is 13.3 Å². The third-order valence-electron chi connectivity index (χ3n) is 1.64. The van der Waals surface area contributed by atoms with Gasteiger partial charge in [0.05, 0.1) is 20.1 Å². The van der Waals surface area contributed by atoms with Gasteiger partial charge in [0, 0.05) is 6.54 Å². The number of alkyl carbamates (subject to hydrolysis) is 1. The number of esters is 1. The summed E-state index contributed by atoms with van der Waals surface area (Å²) in [6, 6.07) is 0. The lowest BCUT2D eigenvalue weighted by Crippen LogP contribution is -2.27. The number of hydrogen-bond donors (Lipinski definition) is 1. The van der Waals surface area contributed by atoms with E-state index in [1.54, 1.807) is 6.92 Å². The standard InChI is InChI=1S/C8H15NO4/c1-6(7(10)12-2)4-5-9-8(11)13-3/h6H,4-5H2,1-3H3,(H,9,11). The summed E-state index contributed by atoms with van der Waals surface area (Å²) in [7, 11) is 2.63. The van der Waals surface area contributed by atoms with E-state index in [9.17, 15) is 9.59 Å². The molecule has 0 aliphatic rings. The summed E-state index contributed by atoms with van der Waals surface area (Å²) < 4.78 is 8.87. The Kier molecular flexibility index (Phi) is 5.67. The molecule has 0 heterocycles. The molecule has 5 nitrogen and oxygen atoms in total. The van der Waals surface area contributed by atoms with Gasteiger partial charge < -0.3 is 14.8 Å². The van der Waals surface area contributed by atoms with E-state index >= 15 is 0 Å². The van der Waals surface area contributed by atoms with Crippen molar-refractivity contribution in [2.24, 2.45) is 5.92 Å². The van der Waals surface area contributed by atoms with Crippen LogP contribution in [0.1, 0.15) is 13.3 Å². The zero-order valence-corrected chi connectivity index (χ0v) is 8.12. The van der Waals surface area contributed by atoms with Crippen LogP contribution in [0.3, 0.4) is 0 Å². The molecule has 0 rings (SSSR count). The molecule has 13 heavy (non-hydrogen) atoms. The number of nitrogens with one attached hydrogen (secondary N) is 1. The van der Waals surface area contributed by atoms with Crippen LogP contribution in [0, 0.1) is 5.92 Å². The van der Waals surface area contributed by atoms with Crippen molar-refractivity contribution in [1.82, 2.24) is 5.32 Å². The molecule has 1 N–H and O–H groups in total. The Morgan fingerprint density at radius 3 is 2.38 bits per heavy atom. The highest BCUT2D eigenvalue weighted by atomic mass is 16.5. The summed E-state index contributed by atoms with van der Waals surface area (Å²) in [6.07, 6.45) is 0.0546. The van der Waals surface area contributed by atoms with Crippen molar-refractivity contribution >= 4 is 12.1 Å². The fraction of sp³-hybridized carbons (Fsp3) is 0.750. The predicted octanol–water partition coefficient (Wildman–Crippen LogP) is 0.542. The second kappa shape index (κ2) is 6.28. The SMILES string of the molecule is COC(=O)NCCC(C)C(=O)OC. The molecule has 0 aliphatic carbocycles. The Morgan fingerprint density at radius 2 is 1.92 bits per heavy atom. The molecule has 0 aromatic carbocycles. The molecule has 1 unspecified atom stereocenters. The average molecular weight is 189 g/mol. The molecule has 0 saturated carbocycles. The number of amides is 1. The first-order valence-corrected chi connectivity index (χ1v) is 4.01. The molecule has 0 aromatic rings. The van der Waals surface area contributed by atoms with Crippen LogP contribution in [0.4, 0.5) is 4.79 Å². The minimum Gasteiger partial charge on any atom is -0.469 e. The van der Waals surface area contributed by atoms with Crippen LogP contribution in [0.15, 0.2) is 0 Å². The van der Waals surface area contributed by atoms with Gasteiger partial charge >= 0.3 is 12.1 Å². The molecule has 0 aliphatic heterocycles. The van der Waals surface area contributed by atoms with Gasteiger partial charge in [0.25, 0.3) is 0 Å². The number of hydrogen-bond acceptors (Lipinski definition) is 4. The Balaban J connectivity index is 3.53. The fourth-order valence-electron chi connectivity index (χ4n) is 0.782. The Hall–Kier alpha value is -1.26. The van der Waals surface area contributed by atoms with Crippen LogP contribution in [0.25, 0.3) is 0 Å². The number of carbonyl (C=O) groups excluding carboxylic acids is 2. The summed E-state index contributed by atoms with van der Waals surface area (Å²) in [6.45, 7) is 2.15. The zero-order chi connectivity index (χ0) is 10.3. The van der Waals surface area contributed by atoms with E-state index in [4.69, 9.17) is 0 Å². The molecule has 0 aromatic heterocycles. The number of methoxy groups -OCH3 is 2. The molecular weight excluding hydrogens is 174 g/mol. The highest BCUT2D eigenvalue weighted by Crippen LogP contribution is 2.02. The van der Waals surface area contributed by atoms with Crippen LogP contribution in [-0.4, -0.2) is 32.8 Å². The number of carbonyl (C=O) groups is 2. The van der Waals surface area contributed by atoms with Crippen LogP contribution in [-0.2, 0) is 14.3 Å². The highest BCUT2D eigenvalue weighted by Gasteiger charge is 2.12. The van der Waals surface area contributed by atoms with Crippen molar-refractivity contribution in [3.05, 3.63) is 0 Å². The molecule has 1 atom stereocenters. The molecule has 0 fully saturated rings. The van der Waals surface area contributed by atoms with Gasteiger partial charge in [0.15, 0.2) is 0 Å². The third-order valence-corrected chi connectivity index (χ3v) is 1.64. The number of rotatable bonds is 4. The van der Waals surface area contributed by atoms with Gasteiger partial charge in [-0.1, -0.05) is 6.92 Å². The van der Waals surface area contributed by atoms with E-state index < -0.39 is 6.09 Å². The van der Waals surface area contributed by atoms with Crippen molar-refractivity contribution < 1.29 is 19.1 Å². The first-order valence-electron chi connectivity index (χ1n) is 4.01. The first-order chi connectivity index (χ1) is 6.11. The zero-order valence-electron chi connectivity index (χ0n) is 8.12. The highest BCUT2D eigenvalue weighted by molar-refractivity contribution is 5.72. The third kappa shape index (κ3) is 5.05. The van der Waals surface area contributed by atoms with Gasteiger partial charge in [-0.2, -0.15) is 0 Å². The van der Waals surface area contributed by atoms with Crippen LogP contribution in [0.2, 0.25) is 0 Å². The van der Waals surface area contributed by atoms with E-state index in [0.717, 1.165) is 0 Å². The molecule has 76 valence electrons. The van der Waals surface area contributed by atoms with Gasteiger partial charge in [-0.15, -0.1) is 0 Å². The van der Waals surface area contributed by atoms with Crippen LogP contribution >= 0.6 is 0 Å². The lowest BCUT2D eigenvalue weighted by atomic mass is 10.1. The molecule has 0 radical (unpaired) electrons. The Labute approximate surface area is 77.4 Å². The van der Waals surface area contributed by atoms with E-state index in [0.29, 0.717) is 13.0 Å². The molecule has 0 bridgehead atoms. The molecule has 0 spiro atoms. The summed E-state index contributed by atoms with van der Waals surface area (Å²) >= 11 is 0. The van der Waals surface area contributed by atoms with E-state index in [1.807, 2.05) is 0 Å². The maximum Gasteiger partial charge on any atom is 0.406 e. The quantitative estimate of drug-likeness (QED) is 0.655.